The van der Waals surface area contributed by atoms with Crippen LogP contribution in [0.25, 0.3) is 11.0 Å². The topological polar surface area (TPSA) is 96.6 Å². The lowest BCUT2D eigenvalue weighted by molar-refractivity contribution is -0.141. The number of rotatable bonds is 5. The number of piperidine rings is 1. The molecule has 2 aliphatic heterocycles. The number of aromatic amines is 1. The van der Waals surface area contributed by atoms with Crippen molar-refractivity contribution in [2.24, 2.45) is 11.8 Å². The molecule has 2 bridgehead atoms. The van der Waals surface area contributed by atoms with Crippen molar-refractivity contribution in [2.45, 2.75) is 97.1 Å². The van der Waals surface area contributed by atoms with Gasteiger partial charge in [0.1, 0.15) is 11.9 Å². The van der Waals surface area contributed by atoms with Crippen LogP contribution in [0.5, 0.6) is 0 Å². The van der Waals surface area contributed by atoms with E-state index in [1.54, 1.807) is 0 Å². The number of aromatic nitrogens is 2. The third kappa shape index (κ3) is 4.06. The van der Waals surface area contributed by atoms with Crippen LogP contribution in [-0.4, -0.2) is 57.1 Å². The van der Waals surface area contributed by atoms with Gasteiger partial charge in [-0.3, -0.25) is 9.59 Å². The van der Waals surface area contributed by atoms with Crippen molar-refractivity contribution < 1.29 is 18.9 Å². The van der Waals surface area contributed by atoms with Crippen molar-refractivity contribution >= 4 is 35.4 Å². The normalized spacial score (nSPS) is 27.7. The molecule has 2 N–H and O–H groups in total. The van der Waals surface area contributed by atoms with Crippen LogP contribution in [0, 0.1) is 11.8 Å². The number of hydrogen-bond donors (Lipinski definition) is 2. The molecule has 1 aromatic carbocycles. The molecule has 0 spiro atoms. The number of carbonyl (C=O) groups is 2. The number of amides is 2. The summed E-state index contributed by atoms with van der Waals surface area (Å²) in [6.07, 6.45) is 3.07. The first-order chi connectivity index (χ1) is 16.4. The van der Waals surface area contributed by atoms with E-state index in [0.29, 0.717) is 5.92 Å². The van der Waals surface area contributed by atoms with Gasteiger partial charge in [-0.1, -0.05) is 19.9 Å². The molecule has 2 amide bonds. The maximum Gasteiger partial charge on any atom is 0.494 e. The van der Waals surface area contributed by atoms with Crippen molar-refractivity contribution in [2.75, 3.05) is 0 Å². The summed E-state index contributed by atoms with van der Waals surface area (Å²) in [5.41, 5.74) is 1.90. The molecule has 1 aliphatic carbocycles. The van der Waals surface area contributed by atoms with E-state index in [1.807, 2.05) is 64.6 Å². The van der Waals surface area contributed by atoms with Crippen LogP contribution in [0.15, 0.2) is 18.2 Å². The van der Waals surface area contributed by atoms with Crippen LogP contribution in [0.1, 0.15) is 79.6 Å². The van der Waals surface area contributed by atoms with E-state index in [4.69, 9.17) is 14.3 Å². The molecule has 188 valence electrons. The molecule has 0 radical (unpaired) electrons. The highest BCUT2D eigenvalue weighted by Gasteiger charge is 2.53. The van der Waals surface area contributed by atoms with E-state index in [-0.39, 0.29) is 29.8 Å². The average Bonchev–Trinajstić information content (AvgIpc) is 3.51. The Hall–Kier alpha value is -2.39. The summed E-state index contributed by atoms with van der Waals surface area (Å²) in [6.45, 7) is 13.6. The first kappa shape index (κ1) is 24.3. The van der Waals surface area contributed by atoms with Gasteiger partial charge in [0.15, 0.2) is 0 Å². The lowest BCUT2D eigenvalue weighted by Crippen LogP contribution is -2.53. The molecule has 3 fully saturated rings. The van der Waals surface area contributed by atoms with E-state index in [9.17, 15) is 9.59 Å². The third-order valence-corrected chi connectivity index (χ3v) is 8.46. The number of carbonyl (C=O) groups excluding carboxylic acids is 2. The maximum atomic E-state index is 13.7. The lowest BCUT2D eigenvalue weighted by Gasteiger charge is -2.37. The summed E-state index contributed by atoms with van der Waals surface area (Å²) in [7, 11) is -0.443. The van der Waals surface area contributed by atoms with E-state index in [2.05, 4.69) is 10.3 Å². The quantitative estimate of drug-likeness (QED) is 0.642. The molecule has 1 saturated carbocycles. The van der Waals surface area contributed by atoms with Crippen LogP contribution < -0.4 is 10.8 Å². The Kier molecular flexibility index (Phi) is 5.79. The number of H-pyrrole nitrogens is 1. The van der Waals surface area contributed by atoms with Gasteiger partial charge in [0.25, 0.3) is 0 Å². The number of nitrogens with zero attached hydrogens (tertiary/aromatic N) is 2. The van der Waals surface area contributed by atoms with Crippen LogP contribution in [0.2, 0.25) is 0 Å². The van der Waals surface area contributed by atoms with Gasteiger partial charge in [-0.05, 0) is 76.4 Å². The van der Waals surface area contributed by atoms with Crippen LogP contribution in [-0.2, 0) is 18.9 Å². The Bertz CT molecular complexity index is 1140. The highest BCUT2D eigenvalue weighted by molar-refractivity contribution is 6.62. The molecule has 2 unspecified atom stereocenters. The predicted molar refractivity (Wildman–Crippen MR) is 135 cm³/mol. The second-order valence-electron chi connectivity index (χ2n) is 11.8. The number of benzene rings is 1. The smallest absolute Gasteiger partial charge is 0.399 e. The number of imidazole rings is 1. The van der Waals surface area contributed by atoms with Crippen molar-refractivity contribution in [3.05, 3.63) is 24.0 Å². The fraction of sp³-hybridized carbons (Fsp3) is 0.654. The van der Waals surface area contributed by atoms with Gasteiger partial charge in [0, 0.05) is 13.0 Å². The summed E-state index contributed by atoms with van der Waals surface area (Å²) >= 11 is 0. The Balaban J connectivity index is 1.45. The monoisotopic (exact) mass is 480 g/mol. The molecular formula is C26H37BN4O4. The van der Waals surface area contributed by atoms with Crippen molar-refractivity contribution in [1.82, 2.24) is 20.2 Å². The van der Waals surface area contributed by atoms with Crippen molar-refractivity contribution in [3.63, 3.8) is 0 Å². The minimum atomic E-state index is -0.534. The number of likely N-dealkylation sites (tertiary alicyclic amines) is 1. The summed E-state index contributed by atoms with van der Waals surface area (Å²) in [4.78, 5) is 35.9. The molecule has 4 atom stereocenters. The molecule has 3 aliphatic rings. The van der Waals surface area contributed by atoms with Gasteiger partial charge in [-0.25, -0.2) is 4.98 Å². The van der Waals surface area contributed by atoms with E-state index < -0.39 is 24.4 Å². The zero-order valence-electron chi connectivity index (χ0n) is 21.8. The molecule has 3 heterocycles. The van der Waals surface area contributed by atoms with Gasteiger partial charge in [-0.15, -0.1) is 0 Å². The van der Waals surface area contributed by atoms with Gasteiger partial charge in [0.05, 0.1) is 28.3 Å². The molecular weight excluding hydrogens is 443 g/mol. The number of fused-ring (bicyclic) bond motifs is 3. The molecule has 2 saturated heterocycles. The maximum absolute atomic E-state index is 13.7. The standard InChI is InChI=1S/C26H37BN4O4/c1-14(2)21(28-15(3)32)24(33)31-18-10-8-16(12-18)22(31)23-29-19-11-9-17(13-20(19)30-23)27-34-25(4,5)26(6,7)35-27/h9,11,13-14,16,18,21-22H,8,10,12H2,1-7H3,(H,28,32)(H,29,30)/t16-,18+,21?,22?/m0/s1. The zero-order chi connectivity index (χ0) is 25.3. The third-order valence-electron chi connectivity index (χ3n) is 8.46. The van der Waals surface area contributed by atoms with E-state index in [1.165, 1.54) is 6.92 Å². The summed E-state index contributed by atoms with van der Waals surface area (Å²) in [5.74, 6) is 1.00. The van der Waals surface area contributed by atoms with Crippen molar-refractivity contribution in [3.8, 4) is 0 Å². The molecule has 8 nitrogen and oxygen atoms in total. The van der Waals surface area contributed by atoms with Crippen LogP contribution >= 0.6 is 0 Å². The summed E-state index contributed by atoms with van der Waals surface area (Å²) < 4.78 is 12.5. The molecule has 2 aromatic rings. The largest absolute Gasteiger partial charge is 0.494 e. The van der Waals surface area contributed by atoms with Crippen LogP contribution in [0.4, 0.5) is 0 Å². The highest BCUT2D eigenvalue weighted by atomic mass is 16.7. The number of hydrogen-bond acceptors (Lipinski definition) is 5. The molecule has 9 heteroatoms. The zero-order valence-corrected chi connectivity index (χ0v) is 21.8. The van der Waals surface area contributed by atoms with Gasteiger partial charge in [-0.2, -0.15) is 0 Å². The Labute approximate surface area is 207 Å². The minimum absolute atomic E-state index is 0.00400. The molecule has 5 rings (SSSR count). The van der Waals surface area contributed by atoms with Gasteiger partial charge >= 0.3 is 7.12 Å². The minimum Gasteiger partial charge on any atom is -0.399 e. The Morgan fingerprint density at radius 1 is 1.17 bits per heavy atom. The SMILES string of the molecule is CC(=O)NC(C(=O)N1C(c2nc3ccc(B4OC(C)(C)C(C)(C)O4)cc3[nH]2)[C@H]2CC[C@@H]1C2)C(C)C. The van der Waals surface area contributed by atoms with Crippen LogP contribution in [0.3, 0.4) is 0 Å². The van der Waals surface area contributed by atoms with E-state index >= 15 is 0 Å². The molecule has 1 aromatic heterocycles. The fourth-order valence-corrected chi connectivity index (χ4v) is 5.86. The van der Waals surface area contributed by atoms with E-state index in [0.717, 1.165) is 41.6 Å². The lowest BCUT2D eigenvalue weighted by atomic mass is 9.79. The molecule has 35 heavy (non-hydrogen) atoms. The Morgan fingerprint density at radius 3 is 2.49 bits per heavy atom. The number of nitrogens with one attached hydrogen (secondary N) is 2. The second-order valence-corrected chi connectivity index (χ2v) is 11.8. The summed E-state index contributed by atoms with van der Waals surface area (Å²) in [6, 6.07) is 5.59. The Morgan fingerprint density at radius 2 is 1.86 bits per heavy atom. The first-order valence-corrected chi connectivity index (χ1v) is 12.8. The summed E-state index contributed by atoms with van der Waals surface area (Å²) in [5, 5.41) is 2.88. The predicted octanol–water partition coefficient (Wildman–Crippen LogP) is 3.07. The average molecular weight is 480 g/mol. The van der Waals surface area contributed by atoms with Gasteiger partial charge in [0.2, 0.25) is 11.8 Å². The first-order valence-electron chi connectivity index (χ1n) is 12.8. The highest BCUT2D eigenvalue weighted by Crippen LogP contribution is 2.50. The van der Waals surface area contributed by atoms with Crippen molar-refractivity contribution in [1.29, 1.82) is 0 Å². The second kappa shape index (κ2) is 8.34. The fourth-order valence-electron chi connectivity index (χ4n) is 5.86. The van der Waals surface area contributed by atoms with Gasteiger partial charge < -0.3 is 24.5 Å².